The lowest BCUT2D eigenvalue weighted by Gasteiger charge is -2.10. The van der Waals surface area contributed by atoms with Crippen molar-refractivity contribution in [2.75, 3.05) is 20.3 Å². The van der Waals surface area contributed by atoms with Crippen molar-refractivity contribution < 1.29 is 9.53 Å². The van der Waals surface area contributed by atoms with Crippen LogP contribution in [-0.4, -0.2) is 41.2 Å². The lowest BCUT2D eigenvalue weighted by atomic mass is 10.1. The van der Waals surface area contributed by atoms with Crippen molar-refractivity contribution in [3.8, 4) is 0 Å². The molecule has 0 fully saturated rings. The Morgan fingerprint density at radius 3 is 2.85 bits per heavy atom. The van der Waals surface area contributed by atoms with Gasteiger partial charge in [0, 0.05) is 13.7 Å². The van der Waals surface area contributed by atoms with E-state index in [4.69, 9.17) is 4.74 Å². The average molecular weight is 274 g/mol. The Morgan fingerprint density at radius 1 is 1.40 bits per heavy atom. The van der Waals surface area contributed by atoms with Gasteiger partial charge in [0.25, 0.3) is 5.91 Å². The predicted octanol–water partition coefficient (Wildman–Crippen LogP) is 1.26. The molecule has 0 aliphatic rings. The molecule has 0 aliphatic heterocycles. The summed E-state index contributed by atoms with van der Waals surface area (Å²) in [5.41, 5.74) is 1.42. The van der Waals surface area contributed by atoms with Gasteiger partial charge >= 0.3 is 0 Å². The van der Waals surface area contributed by atoms with Crippen LogP contribution in [0.25, 0.3) is 0 Å². The van der Waals surface area contributed by atoms with Crippen LogP contribution in [0.3, 0.4) is 0 Å². The van der Waals surface area contributed by atoms with Crippen molar-refractivity contribution >= 4 is 5.91 Å². The second-order valence-corrected chi connectivity index (χ2v) is 4.42. The number of methoxy groups -OCH3 is 1. The van der Waals surface area contributed by atoms with Crippen LogP contribution in [0.2, 0.25) is 0 Å². The van der Waals surface area contributed by atoms with Crippen molar-refractivity contribution in [1.29, 1.82) is 0 Å². The Balaban J connectivity index is 2.03. The maximum Gasteiger partial charge on any atom is 0.273 e. The molecule has 1 heterocycles. The van der Waals surface area contributed by atoms with E-state index in [1.165, 1.54) is 0 Å². The first-order valence-electron chi connectivity index (χ1n) is 6.46. The van der Waals surface area contributed by atoms with E-state index in [9.17, 15) is 4.79 Å². The summed E-state index contributed by atoms with van der Waals surface area (Å²) in [5, 5.41) is 10.6. The van der Waals surface area contributed by atoms with Crippen molar-refractivity contribution in [3.63, 3.8) is 0 Å². The number of hydrogen-bond donors (Lipinski definition) is 1. The van der Waals surface area contributed by atoms with E-state index >= 15 is 0 Å². The molecule has 1 aromatic heterocycles. The van der Waals surface area contributed by atoms with Gasteiger partial charge in [0.15, 0.2) is 5.69 Å². The Hall–Kier alpha value is -2.21. The summed E-state index contributed by atoms with van der Waals surface area (Å²) >= 11 is 0. The first kappa shape index (κ1) is 14.2. The molecule has 6 heteroatoms. The van der Waals surface area contributed by atoms with Crippen molar-refractivity contribution in [3.05, 3.63) is 47.8 Å². The summed E-state index contributed by atoms with van der Waals surface area (Å²) in [6, 6.07) is 9.98. The summed E-state index contributed by atoms with van der Waals surface area (Å²) in [6.07, 6.45) is 1.65. The number of benzene rings is 1. The zero-order valence-corrected chi connectivity index (χ0v) is 11.6. The Kier molecular flexibility index (Phi) is 4.84. The zero-order chi connectivity index (χ0) is 14.4. The van der Waals surface area contributed by atoms with Gasteiger partial charge in [0.1, 0.15) is 0 Å². The predicted molar refractivity (Wildman–Crippen MR) is 74.5 cm³/mol. The van der Waals surface area contributed by atoms with Crippen LogP contribution in [0.15, 0.2) is 36.5 Å². The summed E-state index contributed by atoms with van der Waals surface area (Å²) in [7, 11) is 1.59. The lowest BCUT2D eigenvalue weighted by molar-refractivity contribution is 0.0932. The number of rotatable bonds is 6. The van der Waals surface area contributed by atoms with Crippen LogP contribution in [0.1, 0.15) is 29.0 Å². The molecule has 1 N–H and O–H groups in total. The fourth-order valence-corrected chi connectivity index (χ4v) is 1.81. The third-order valence-electron chi connectivity index (χ3n) is 3.01. The van der Waals surface area contributed by atoms with Gasteiger partial charge in [-0.15, -0.1) is 5.10 Å². The minimum atomic E-state index is -0.242. The maximum atomic E-state index is 11.8. The molecule has 0 bridgehead atoms. The number of carbonyl (C=O) groups excluding carboxylic acids is 1. The molecule has 1 amide bonds. The number of ether oxygens (including phenoxy) is 1. The van der Waals surface area contributed by atoms with Crippen LogP contribution in [0.4, 0.5) is 0 Å². The van der Waals surface area contributed by atoms with E-state index in [0.717, 1.165) is 5.56 Å². The van der Waals surface area contributed by atoms with Crippen molar-refractivity contribution in [2.45, 2.75) is 13.0 Å². The van der Waals surface area contributed by atoms with Crippen molar-refractivity contribution in [2.24, 2.45) is 0 Å². The molecular formula is C14H18N4O2. The Bertz CT molecular complexity index is 553. The van der Waals surface area contributed by atoms with E-state index in [0.29, 0.717) is 18.8 Å². The van der Waals surface area contributed by atoms with Crippen LogP contribution in [0, 0.1) is 0 Å². The summed E-state index contributed by atoms with van der Waals surface area (Å²) in [6.45, 7) is 2.94. The van der Waals surface area contributed by atoms with E-state index in [2.05, 4.69) is 15.6 Å². The van der Waals surface area contributed by atoms with E-state index < -0.39 is 0 Å². The summed E-state index contributed by atoms with van der Waals surface area (Å²) in [4.78, 5) is 11.8. The SMILES string of the molecule is COCCNC(=O)c1cn(C(C)c2ccccc2)nn1. The van der Waals surface area contributed by atoms with Gasteiger partial charge < -0.3 is 10.1 Å². The van der Waals surface area contributed by atoms with Gasteiger partial charge in [0.05, 0.1) is 18.8 Å². The summed E-state index contributed by atoms with van der Waals surface area (Å²) in [5.74, 6) is -0.242. The minimum absolute atomic E-state index is 0.0317. The molecule has 0 saturated carbocycles. The van der Waals surface area contributed by atoms with Crippen LogP contribution in [0.5, 0.6) is 0 Å². The monoisotopic (exact) mass is 274 g/mol. The molecule has 20 heavy (non-hydrogen) atoms. The topological polar surface area (TPSA) is 69.0 Å². The van der Waals surface area contributed by atoms with Gasteiger partial charge in [-0.3, -0.25) is 4.79 Å². The van der Waals surface area contributed by atoms with Crippen LogP contribution < -0.4 is 5.32 Å². The first-order valence-corrected chi connectivity index (χ1v) is 6.46. The highest BCUT2D eigenvalue weighted by Crippen LogP contribution is 2.15. The molecule has 6 nitrogen and oxygen atoms in total. The zero-order valence-electron chi connectivity index (χ0n) is 11.6. The second kappa shape index (κ2) is 6.81. The standard InChI is InChI=1S/C14H18N4O2/c1-11(12-6-4-3-5-7-12)18-10-13(16-17-18)14(19)15-8-9-20-2/h3-7,10-11H,8-9H2,1-2H3,(H,15,19). The fourth-order valence-electron chi connectivity index (χ4n) is 1.81. The van der Waals surface area contributed by atoms with Gasteiger partial charge in [-0.2, -0.15) is 0 Å². The molecular weight excluding hydrogens is 256 g/mol. The molecule has 1 atom stereocenters. The molecule has 2 aromatic rings. The molecule has 1 aromatic carbocycles. The molecule has 0 spiro atoms. The minimum Gasteiger partial charge on any atom is -0.383 e. The Morgan fingerprint density at radius 2 is 2.15 bits per heavy atom. The van der Waals surface area contributed by atoms with Gasteiger partial charge in [-0.25, -0.2) is 4.68 Å². The second-order valence-electron chi connectivity index (χ2n) is 4.42. The third-order valence-corrected chi connectivity index (χ3v) is 3.01. The molecule has 0 radical (unpaired) electrons. The average Bonchev–Trinajstić information content (AvgIpc) is 2.97. The van der Waals surface area contributed by atoms with E-state index in [-0.39, 0.29) is 11.9 Å². The quantitative estimate of drug-likeness (QED) is 0.805. The maximum absolute atomic E-state index is 11.8. The number of carbonyl (C=O) groups is 1. The molecule has 106 valence electrons. The van der Waals surface area contributed by atoms with E-state index in [1.54, 1.807) is 18.0 Å². The number of amides is 1. The highest BCUT2D eigenvalue weighted by atomic mass is 16.5. The third kappa shape index (κ3) is 3.42. The highest BCUT2D eigenvalue weighted by molar-refractivity contribution is 5.91. The normalized spacial score (nSPS) is 12.1. The van der Waals surface area contributed by atoms with Crippen LogP contribution in [-0.2, 0) is 4.74 Å². The molecule has 0 saturated heterocycles. The smallest absolute Gasteiger partial charge is 0.273 e. The van der Waals surface area contributed by atoms with E-state index in [1.807, 2.05) is 37.3 Å². The fraction of sp³-hybridized carbons (Fsp3) is 0.357. The first-order chi connectivity index (χ1) is 9.72. The number of hydrogen-bond acceptors (Lipinski definition) is 4. The largest absolute Gasteiger partial charge is 0.383 e. The highest BCUT2D eigenvalue weighted by Gasteiger charge is 2.14. The van der Waals surface area contributed by atoms with Crippen LogP contribution >= 0.6 is 0 Å². The van der Waals surface area contributed by atoms with Gasteiger partial charge in [0.2, 0.25) is 0 Å². The number of nitrogens with one attached hydrogen (secondary N) is 1. The molecule has 1 unspecified atom stereocenters. The molecule has 2 rings (SSSR count). The Labute approximate surface area is 117 Å². The van der Waals surface area contributed by atoms with Gasteiger partial charge in [-0.05, 0) is 12.5 Å². The lowest BCUT2D eigenvalue weighted by Crippen LogP contribution is -2.27. The number of nitrogens with zero attached hydrogens (tertiary/aromatic N) is 3. The summed E-state index contributed by atoms with van der Waals surface area (Å²) < 4.78 is 6.55. The van der Waals surface area contributed by atoms with Crippen molar-refractivity contribution in [1.82, 2.24) is 20.3 Å². The molecule has 0 aliphatic carbocycles. The van der Waals surface area contributed by atoms with Gasteiger partial charge in [-0.1, -0.05) is 35.5 Å². The number of aromatic nitrogens is 3.